The van der Waals surface area contributed by atoms with E-state index in [4.69, 9.17) is 19.5 Å². The van der Waals surface area contributed by atoms with Gasteiger partial charge in [-0.05, 0) is 25.7 Å². The second-order valence-corrected chi connectivity index (χ2v) is 10.3. The second kappa shape index (κ2) is 11.3. The van der Waals surface area contributed by atoms with Crippen molar-refractivity contribution in [2.45, 2.75) is 81.9 Å². The predicted octanol–water partition coefficient (Wildman–Crippen LogP) is 2.40. The number of hydrogen-bond acceptors (Lipinski definition) is 8. The highest BCUT2D eigenvalue weighted by atomic mass is 32.2. The van der Waals surface area contributed by atoms with Crippen molar-refractivity contribution in [2.75, 3.05) is 13.2 Å². The van der Waals surface area contributed by atoms with Crippen LogP contribution in [0.5, 0.6) is 0 Å². The summed E-state index contributed by atoms with van der Waals surface area (Å²) in [7, 11) is -6.00. The van der Waals surface area contributed by atoms with E-state index in [0.29, 0.717) is 25.7 Å². The lowest BCUT2D eigenvalue weighted by Crippen LogP contribution is -2.56. The Morgan fingerprint density at radius 1 is 0.906 bits per heavy atom. The molecule has 2 fully saturated rings. The monoisotopic (exact) mass is 486 g/mol. The standard InChI is InChI=1S/C20H32F2O9S/c21-19(22,20(25,26)32(27,28)29)31-13-14(11-17(23)15-7-3-1-4-8-15)12-30-18(24)16-9-5-2-6-10-16/h14-16,25-26H,1-13H2,(H,27,28,29). The quantitative estimate of drug-likeness (QED) is 0.227. The minimum absolute atomic E-state index is 0.204. The molecule has 0 aliphatic heterocycles. The van der Waals surface area contributed by atoms with Crippen LogP contribution >= 0.6 is 0 Å². The van der Waals surface area contributed by atoms with Crippen LogP contribution in [0.4, 0.5) is 8.78 Å². The number of aliphatic hydroxyl groups is 2. The fourth-order valence-electron chi connectivity index (χ4n) is 4.16. The number of carbonyl (C=O) groups excluding carboxylic acids is 2. The molecular formula is C20H32F2O9S. The van der Waals surface area contributed by atoms with Gasteiger partial charge in [0.05, 0.1) is 19.1 Å². The van der Waals surface area contributed by atoms with E-state index in [0.717, 1.165) is 38.5 Å². The van der Waals surface area contributed by atoms with Gasteiger partial charge in [-0.3, -0.25) is 14.1 Å². The molecule has 3 N–H and O–H groups in total. The first kappa shape index (κ1) is 27.0. The molecule has 0 saturated heterocycles. The molecule has 0 aromatic rings. The SMILES string of the molecule is O=C(CC(COC(=O)C1CCCCC1)COC(F)(F)C(O)(O)S(=O)(=O)O)C1CCCCC1. The summed E-state index contributed by atoms with van der Waals surface area (Å²) in [5.41, 5.74) is 0. The molecule has 0 bridgehead atoms. The van der Waals surface area contributed by atoms with Gasteiger partial charge in [-0.15, -0.1) is 0 Å². The summed E-state index contributed by atoms with van der Waals surface area (Å²) in [4.78, 5) is 24.9. The molecule has 2 rings (SSSR count). The molecule has 1 atom stereocenters. The average Bonchev–Trinajstić information content (AvgIpc) is 2.75. The molecule has 12 heteroatoms. The van der Waals surface area contributed by atoms with Crippen molar-refractivity contribution < 1.29 is 51.0 Å². The van der Waals surface area contributed by atoms with Crippen molar-refractivity contribution in [2.24, 2.45) is 17.8 Å². The van der Waals surface area contributed by atoms with Gasteiger partial charge in [-0.25, -0.2) is 0 Å². The summed E-state index contributed by atoms with van der Waals surface area (Å²) in [6.45, 7) is -1.42. The Balaban J connectivity index is 2.03. The zero-order chi connectivity index (χ0) is 24.0. The molecule has 32 heavy (non-hydrogen) atoms. The largest absolute Gasteiger partial charge is 0.465 e. The molecule has 2 aliphatic rings. The fourth-order valence-corrected chi connectivity index (χ4v) is 4.52. The number of ether oxygens (including phenoxy) is 2. The number of hydrogen-bond donors (Lipinski definition) is 3. The molecule has 0 aromatic carbocycles. The van der Waals surface area contributed by atoms with Crippen molar-refractivity contribution in [1.82, 2.24) is 0 Å². The Morgan fingerprint density at radius 2 is 1.41 bits per heavy atom. The molecule has 0 heterocycles. The summed E-state index contributed by atoms with van der Waals surface area (Å²) in [6.07, 6.45) is 2.83. The minimum Gasteiger partial charge on any atom is -0.465 e. The molecule has 0 aromatic heterocycles. The van der Waals surface area contributed by atoms with E-state index in [1.807, 2.05) is 0 Å². The van der Waals surface area contributed by atoms with Crippen LogP contribution < -0.4 is 0 Å². The first-order valence-electron chi connectivity index (χ1n) is 11.0. The summed E-state index contributed by atoms with van der Waals surface area (Å²) >= 11 is 0. The van der Waals surface area contributed by atoms with E-state index >= 15 is 0 Å². The maximum Gasteiger partial charge on any atom is 0.427 e. The van der Waals surface area contributed by atoms with Crippen LogP contribution in [0.3, 0.4) is 0 Å². The maximum atomic E-state index is 14.0. The number of rotatable bonds is 11. The Hall–Kier alpha value is -1.21. The van der Waals surface area contributed by atoms with Crippen molar-refractivity contribution in [1.29, 1.82) is 0 Å². The summed E-state index contributed by atoms with van der Waals surface area (Å²) in [6, 6.07) is 0. The first-order chi connectivity index (χ1) is 14.8. The molecule has 0 spiro atoms. The van der Waals surface area contributed by atoms with Gasteiger partial charge in [0.15, 0.2) is 0 Å². The Labute approximate surface area is 186 Å². The van der Waals surface area contributed by atoms with Crippen LogP contribution in [-0.2, 0) is 29.2 Å². The van der Waals surface area contributed by atoms with Crippen molar-refractivity contribution in [3.8, 4) is 0 Å². The van der Waals surface area contributed by atoms with Gasteiger partial charge >= 0.3 is 27.3 Å². The molecule has 2 saturated carbocycles. The van der Waals surface area contributed by atoms with E-state index in [-0.39, 0.29) is 24.0 Å². The second-order valence-electron chi connectivity index (χ2n) is 8.75. The van der Waals surface area contributed by atoms with Gasteiger partial charge in [0, 0.05) is 18.3 Å². The summed E-state index contributed by atoms with van der Waals surface area (Å²) < 4.78 is 67.8. The fraction of sp³-hybridized carbons (Fsp3) is 0.900. The van der Waals surface area contributed by atoms with Crippen molar-refractivity contribution in [3.63, 3.8) is 0 Å². The number of Topliss-reactive ketones (excluding diaryl/α,β-unsaturated/α-hetero) is 1. The van der Waals surface area contributed by atoms with Gasteiger partial charge in [-0.2, -0.15) is 17.2 Å². The van der Waals surface area contributed by atoms with Crippen LogP contribution in [0.1, 0.15) is 70.6 Å². The van der Waals surface area contributed by atoms with E-state index < -0.39 is 46.4 Å². The van der Waals surface area contributed by atoms with Crippen LogP contribution in [0.15, 0.2) is 0 Å². The lowest BCUT2D eigenvalue weighted by molar-refractivity contribution is -0.364. The van der Waals surface area contributed by atoms with Crippen molar-refractivity contribution >= 4 is 21.9 Å². The highest BCUT2D eigenvalue weighted by molar-refractivity contribution is 7.86. The number of esters is 1. The topological polar surface area (TPSA) is 147 Å². The van der Waals surface area contributed by atoms with E-state index in [1.54, 1.807) is 0 Å². The number of carbonyl (C=O) groups is 2. The third kappa shape index (κ3) is 7.14. The Bertz CT molecular complexity index is 742. The van der Waals surface area contributed by atoms with Gasteiger partial charge in [0.25, 0.3) is 0 Å². The average molecular weight is 487 g/mol. The summed E-state index contributed by atoms with van der Waals surface area (Å²) in [5, 5.41) is 13.4. The maximum absolute atomic E-state index is 14.0. The zero-order valence-electron chi connectivity index (χ0n) is 17.9. The van der Waals surface area contributed by atoms with Gasteiger partial charge in [0.2, 0.25) is 0 Å². The number of ketones is 1. The number of alkyl halides is 2. The van der Waals surface area contributed by atoms with Crippen molar-refractivity contribution in [3.05, 3.63) is 0 Å². The normalized spacial score (nSPS) is 20.7. The lowest BCUT2D eigenvalue weighted by atomic mass is 9.83. The van der Waals surface area contributed by atoms with Crippen LogP contribution in [-0.4, -0.2) is 59.4 Å². The molecule has 0 radical (unpaired) electrons. The Morgan fingerprint density at radius 3 is 1.91 bits per heavy atom. The van der Waals surface area contributed by atoms with E-state index in [9.17, 15) is 26.8 Å². The zero-order valence-corrected chi connectivity index (χ0v) is 18.7. The third-order valence-corrected chi connectivity index (χ3v) is 7.15. The minimum atomic E-state index is -6.00. The highest BCUT2D eigenvalue weighted by Crippen LogP contribution is 2.33. The van der Waals surface area contributed by atoms with Gasteiger partial charge in [0.1, 0.15) is 5.78 Å². The summed E-state index contributed by atoms with van der Waals surface area (Å²) in [5.74, 6) is -2.30. The van der Waals surface area contributed by atoms with E-state index in [2.05, 4.69) is 4.74 Å². The molecule has 2 aliphatic carbocycles. The Kier molecular flexibility index (Phi) is 9.53. The van der Waals surface area contributed by atoms with Crippen LogP contribution in [0.25, 0.3) is 0 Å². The molecule has 9 nitrogen and oxygen atoms in total. The smallest absolute Gasteiger partial charge is 0.427 e. The molecular weight excluding hydrogens is 454 g/mol. The van der Waals surface area contributed by atoms with Gasteiger partial charge < -0.3 is 19.7 Å². The van der Waals surface area contributed by atoms with E-state index in [1.165, 1.54) is 0 Å². The van der Waals surface area contributed by atoms with Crippen LogP contribution in [0, 0.1) is 17.8 Å². The first-order valence-corrected chi connectivity index (χ1v) is 12.4. The number of halogens is 2. The lowest BCUT2D eigenvalue weighted by Gasteiger charge is -2.29. The predicted molar refractivity (Wildman–Crippen MR) is 107 cm³/mol. The third-order valence-electron chi connectivity index (χ3n) is 6.19. The highest BCUT2D eigenvalue weighted by Gasteiger charge is 2.63. The van der Waals surface area contributed by atoms with Gasteiger partial charge in [-0.1, -0.05) is 38.5 Å². The van der Waals surface area contributed by atoms with Crippen LogP contribution in [0.2, 0.25) is 0 Å². The molecule has 186 valence electrons. The molecule has 1 unspecified atom stereocenters. The molecule has 0 amide bonds.